The number of rotatable bonds is 4. The molecule has 8 heteroatoms. The first-order chi connectivity index (χ1) is 13.6. The van der Waals surface area contributed by atoms with Gasteiger partial charge in [-0.1, -0.05) is 78.6 Å². The predicted octanol–water partition coefficient (Wildman–Crippen LogP) is 3.67. The van der Waals surface area contributed by atoms with Gasteiger partial charge in [0, 0.05) is 16.5 Å². The lowest BCUT2D eigenvalue weighted by Crippen LogP contribution is -2.50. The molecule has 2 aliphatic heterocycles. The highest BCUT2D eigenvalue weighted by molar-refractivity contribution is 8.13. The Hall–Kier alpha value is -2.02. The maximum atomic E-state index is 13.0. The Morgan fingerprint density at radius 2 is 2.00 bits per heavy atom. The Bertz CT molecular complexity index is 1090. The summed E-state index contributed by atoms with van der Waals surface area (Å²) < 4.78 is 0. The van der Waals surface area contributed by atoms with Crippen LogP contribution in [0, 0.1) is 0 Å². The summed E-state index contributed by atoms with van der Waals surface area (Å²) in [6.07, 6.45) is 1.56. The number of fused-ring (bicyclic) bond motifs is 2. The number of carbonyl (C=O) groups is 1. The molecule has 0 aromatic heterocycles. The number of para-hydroxylation sites is 1. The van der Waals surface area contributed by atoms with Gasteiger partial charge in [0.15, 0.2) is 11.3 Å². The molecule has 0 saturated heterocycles. The maximum Gasteiger partial charge on any atom is 0.276 e. The Balaban J connectivity index is 1.87. The van der Waals surface area contributed by atoms with Gasteiger partial charge in [0.2, 0.25) is 0 Å². The molecule has 1 N–H and O–H groups in total. The van der Waals surface area contributed by atoms with Crippen molar-refractivity contribution in [1.82, 2.24) is 10.3 Å². The molecule has 0 radical (unpaired) electrons. The van der Waals surface area contributed by atoms with Crippen LogP contribution in [0.2, 0.25) is 10.0 Å². The molecule has 144 valence electrons. The van der Waals surface area contributed by atoms with Gasteiger partial charge in [0.1, 0.15) is 5.70 Å². The third-order valence-electron chi connectivity index (χ3n) is 4.51. The molecule has 2 aromatic carbocycles. The lowest BCUT2D eigenvalue weighted by Gasteiger charge is -2.34. The minimum atomic E-state index is -0.566. The highest BCUT2D eigenvalue weighted by atomic mass is 35.5. The lowest BCUT2D eigenvalue weighted by molar-refractivity contribution is -0.116. The normalized spacial score (nSPS) is 18.0. The second-order valence-corrected chi connectivity index (χ2v) is 8.29. The first kappa shape index (κ1) is 19.3. The summed E-state index contributed by atoms with van der Waals surface area (Å²) in [6.45, 7) is 2.13. The number of hydrazone groups is 1. The van der Waals surface area contributed by atoms with Crippen molar-refractivity contribution in [2.24, 2.45) is 10.1 Å². The van der Waals surface area contributed by atoms with E-state index in [1.54, 1.807) is 11.1 Å². The third-order valence-corrected chi connectivity index (χ3v) is 6.30. The van der Waals surface area contributed by atoms with E-state index < -0.39 is 6.17 Å². The van der Waals surface area contributed by atoms with E-state index >= 15 is 0 Å². The van der Waals surface area contributed by atoms with Crippen LogP contribution >= 0.6 is 35.0 Å². The highest BCUT2D eigenvalue weighted by Gasteiger charge is 2.35. The van der Waals surface area contributed by atoms with Gasteiger partial charge in [-0.15, -0.1) is 5.10 Å². The average Bonchev–Trinajstić information content (AvgIpc) is 2.69. The van der Waals surface area contributed by atoms with Crippen LogP contribution in [-0.4, -0.2) is 21.8 Å². The van der Waals surface area contributed by atoms with E-state index in [2.05, 4.69) is 12.2 Å². The van der Waals surface area contributed by atoms with Gasteiger partial charge in [-0.3, -0.25) is 15.1 Å². The van der Waals surface area contributed by atoms with Gasteiger partial charge in [-0.25, -0.2) is 5.01 Å². The first-order valence-electron chi connectivity index (χ1n) is 9.03. The molecule has 0 fully saturated rings. The molecule has 4 rings (SSSR count). The number of halogens is 2. The molecule has 28 heavy (non-hydrogen) atoms. The second kappa shape index (κ2) is 8.15. The molecule has 0 bridgehead atoms. The van der Waals surface area contributed by atoms with Crippen molar-refractivity contribution in [2.75, 3.05) is 5.75 Å². The summed E-state index contributed by atoms with van der Waals surface area (Å²) in [7, 11) is 0. The van der Waals surface area contributed by atoms with Crippen LogP contribution in [0.25, 0.3) is 5.70 Å². The molecule has 1 amide bonds. The smallest absolute Gasteiger partial charge is 0.276 e. The van der Waals surface area contributed by atoms with Gasteiger partial charge in [-0.05, 0) is 18.6 Å². The summed E-state index contributed by atoms with van der Waals surface area (Å²) in [5, 5.41) is 12.2. The van der Waals surface area contributed by atoms with Gasteiger partial charge >= 0.3 is 0 Å². The van der Waals surface area contributed by atoms with Gasteiger partial charge in [0.25, 0.3) is 5.91 Å². The predicted molar refractivity (Wildman–Crippen MR) is 115 cm³/mol. The van der Waals surface area contributed by atoms with Crippen LogP contribution in [0.5, 0.6) is 0 Å². The molecule has 2 aliphatic rings. The van der Waals surface area contributed by atoms with Crippen molar-refractivity contribution in [3.8, 4) is 0 Å². The molecular formula is C20H18Cl2N4OS. The number of hydrogen-bond acceptors (Lipinski definition) is 5. The van der Waals surface area contributed by atoms with E-state index in [9.17, 15) is 4.79 Å². The van der Waals surface area contributed by atoms with Gasteiger partial charge in [0.05, 0.1) is 15.4 Å². The maximum absolute atomic E-state index is 13.0. The van der Waals surface area contributed by atoms with Crippen LogP contribution in [0.3, 0.4) is 0 Å². The Kier molecular flexibility index (Phi) is 5.62. The van der Waals surface area contributed by atoms with Gasteiger partial charge < -0.3 is 0 Å². The minimum Gasteiger partial charge on any atom is -0.298 e. The van der Waals surface area contributed by atoms with Crippen molar-refractivity contribution in [3.63, 3.8) is 0 Å². The topological polar surface area (TPSA) is 57.1 Å². The number of amides is 1. The number of thioether (sulfide) groups is 1. The molecule has 0 unspecified atom stereocenters. The van der Waals surface area contributed by atoms with Crippen LogP contribution in [0.15, 0.2) is 52.6 Å². The van der Waals surface area contributed by atoms with Crippen LogP contribution in [0.4, 0.5) is 0 Å². The standard InChI is InChI=1S/C20H18Cl2N4OS/c1-2-3-11-28-20-24-19(27)17-12-7-4-5-10-15(12)23-18(26(17)25-20)13-8-6-9-14(21)16(13)22/h4-10,18H,2-3,11H2,1H3,(H,24,25,27)/t18-/m0/s1. The van der Waals surface area contributed by atoms with E-state index in [0.29, 0.717) is 26.5 Å². The summed E-state index contributed by atoms with van der Waals surface area (Å²) in [5.74, 6) is 0.689. The summed E-state index contributed by atoms with van der Waals surface area (Å²) >= 11 is 14.2. The molecule has 0 aliphatic carbocycles. The summed E-state index contributed by atoms with van der Waals surface area (Å²) in [5.41, 5.74) is 1.17. The largest absolute Gasteiger partial charge is 0.298 e. The van der Waals surface area contributed by atoms with Crippen LogP contribution in [0.1, 0.15) is 31.5 Å². The van der Waals surface area contributed by atoms with Crippen LogP contribution < -0.4 is 15.9 Å². The van der Waals surface area contributed by atoms with Crippen molar-refractivity contribution < 1.29 is 4.79 Å². The first-order valence-corrected chi connectivity index (χ1v) is 10.8. The van der Waals surface area contributed by atoms with E-state index in [4.69, 9.17) is 33.3 Å². The minimum absolute atomic E-state index is 0.195. The van der Waals surface area contributed by atoms with E-state index in [1.165, 1.54) is 11.8 Å². The zero-order chi connectivity index (χ0) is 19.7. The third kappa shape index (κ3) is 3.52. The van der Waals surface area contributed by atoms with Crippen molar-refractivity contribution in [1.29, 1.82) is 0 Å². The quantitative estimate of drug-likeness (QED) is 0.749. The van der Waals surface area contributed by atoms with Gasteiger partial charge in [-0.2, -0.15) is 0 Å². The molecule has 2 heterocycles. The fourth-order valence-electron chi connectivity index (χ4n) is 3.13. The number of amidine groups is 1. The number of hydrogen-bond donors (Lipinski definition) is 1. The fraction of sp³-hybridized carbons (Fsp3) is 0.250. The average molecular weight is 433 g/mol. The number of nitrogens with one attached hydrogen (secondary N) is 1. The Morgan fingerprint density at radius 3 is 2.82 bits per heavy atom. The Labute approximate surface area is 177 Å². The molecule has 1 atom stereocenters. The monoisotopic (exact) mass is 432 g/mol. The number of carbonyl (C=O) groups excluding carboxylic acids is 1. The van der Waals surface area contributed by atoms with Crippen molar-refractivity contribution >= 4 is 51.7 Å². The molecular weight excluding hydrogens is 415 g/mol. The number of nitrogens with zero attached hydrogens (tertiary/aromatic N) is 3. The highest BCUT2D eigenvalue weighted by Crippen LogP contribution is 2.37. The Morgan fingerprint density at radius 1 is 1.18 bits per heavy atom. The van der Waals surface area contributed by atoms with Crippen LogP contribution in [-0.2, 0) is 4.79 Å². The van der Waals surface area contributed by atoms with E-state index in [1.807, 2.05) is 36.4 Å². The van der Waals surface area contributed by atoms with Crippen molar-refractivity contribution in [2.45, 2.75) is 25.9 Å². The molecule has 0 saturated carbocycles. The number of benzene rings is 2. The van der Waals surface area contributed by atoms with E-state index in [-0.39, 0.29) is 5.91 Å². The molecule has 0 spiro atoms. The summed E-state index contributed by atoms with van der Waals surface area (Å²) in [6, 6.07) is 13.0. The molecule has 2 aromatic rings. The van der Waals surface area contributed by atoms with Crippen molar-refractivity contribution in [3.05, 3.63) is 68.6 Å². The lowest BCUT2D eigenvalue weighted by atomic mass is 10.1. The summed E-state index contributed by atoms with van der Waals surface area (Å²) in [4.78, 5) is 17.8. The van der Waals surface area contributed by atoms with E-state index in [0.717, 1.165) is 29.2 Å². The SMILES string of the molecule is CCCCSC1=NN2C(=c3ccccc3=N[C@@H]2c2cccc(Cl)c2Cl)C(=O)N1. The fourth-order valence-corrected chi connectivity index (χ4v) is 4.47. The molecule has 5 nitrogen and oxygen atoms in total. The zero-order valence-electron chi connectivity index (χ0n) is 15.2. The zero-order valence-corrected chi connectivity index (χ0v) is 17.5. The second-order valence-electron chi connectivity index (χ2n) is 6.42. The number of unbranched alkanes of at least 4 members (excludes halogenated alkanes) is 1.